The van der Waals surface area contributed by atoms with Gasteiger partial charge in [0.25, 0.3) is 0 Å². The maximum Gasteiger partial charge on any atom is 0.216 e. The number of anilines is 1. The Kier molecular flexibility index (Phi) is 4.52. The Morgan fingerprint density at radius 3 is 3.07 bits per heavy atom. The molecule has 0 amide bonds. The van der Waals surface area contributed by atoms with Gasteiger partial charge in [-0.2, -0.15) is 4.98 Å². The van der Waals surface area contributed by atoms with Gasteiger partial charge in [0.1, 0.15) is 0 Å². The molecule has 0 saturated heterocycles. The van der Waals surface area contributed by atoms with Crippen molar-refractivity contribution in [1.82, 2.24) is 15.2 Å². The van der Waals surface area contributed by atoms with Gasteiger partial charge in [-0.15, -0.1) is 11.7 Å². The molecule has 1 aromatic heterocycles. The first-order valence-corrected chi connectivity index (χ1v) is 5.55. The summed E-state index contributed by atoms with van der Waals surface area (Å²) >= 11 is 1.65. The summed E-state index contributed by atoms with van der Waals surface area (Å²) in [5.74, 6) is 0.380. The van der Waals surface area contributed by atoms with Gasteiger partial charge in [-0.3, -0.25) is 0 Å². The zero-order valence-electron chi connectivity index (χ0n) is 8.36. The minimum Gasteiger partial charge on any atom is -0.368 e. The summed E-state index contributed by atoms with van der Waals surface area (Å²) in [6.07, 6.45) is 5.33. The van der Waals surface area contributed by atoms with Gasteiger partial charge in [0.2, 0.25) is 11.1 Å². The van der Waals surface area contributed by atoms with Crippen molar-refractivity contribution in [3.05, 3.63) is 12.7 Å². The summed E-state index contributed by atoms with van der Waals surface area (Å²) in [6.45, 7) is 5.86. The van der Waals surface area contributed by atoms with E-state index >= 15 is 0 Å². The molecule has 14 heavy (non-hydrogen) atoms. The zero-order chi connectivity index (χ0) is 10.4. The fraction of sp³-hybridized carbons (Fsp3) is 0.556. The Bertz CT molecular complexity index is 284. The number of allylic oxidation sites excluding steroid dienone is 1. The van der Waals surface area contributed by atoms with E-state index < -0.39 is 0 Å². The van der Waals surface area contributed by atoms with Crippen LogP contribution in [0.4, 0.5) is 5.95 Å². The predicted molar refractivity (Wildman–Crippen MR) is 60.2 cm³/mol. The number of thioether (sulfide) groups is 1. The third-order valence-corrected chi connectivity index (χ3v) is 2.84. The van der Waals surface area contributed by atoms with Gasteiger partial charge in [0, 0.05) is 5.25 Å². The summed E-state index contributed by atoms with van der Waals surface area (Å²) in [5, 5.41) is 7.84. The normalized spacial score (nSPS) is 12.6. The molecule has 0 aromatic carbocycles. The van der Waals surface area contributed by atoms with Crippen LogP contribution < -0.4 is 5.73 Å². The molecule has 1 unspecified atom stereocenters. The molecule has 1 atom stereocenters. The van der Waals surface area contributed by atoms with Crippen LogP contribution in [0.5, 0.6) is 0 Å². The number of aromatic nitrogens is 3. The number of nitrogen functional groups attached to an aromatic ring is 1. The molecule has 0 saturated carbocycles. The number of rotatable bonds is 6. The first kappa shape index (κ1) is 11.1. The molecule has 0 fully saturated rings. The Balaban J connectivity index is 2.26. The number of nitrogens with zero attached hydrogens (tertiary/aromatic N) is 2. The minimum absolute atomic E-state index is 0.380. The van der Waals surface area contributed by atoms with Crippen molar-refractivity contribution in [1.29, 1.82) is 0 Å². The molecular formula is C9H16N4S. The van der Waals surface area contributed by atoms with Gasteiger partial charge >= 0.3 is 0 Å². The van der Waals surface area contributed by atoms with Gasteiger partial charge in [0.05, 0.1) is 0 Å². The van der Waals surface area contributed by atoms with E-state index in [1.807, 2.05) is 6.08 Å². The van der Waals surface area contributed by atoms with E-state index in [9.17, 15) is 0 Å². The van der Waals surface area contributed by atoms with E-state index in [2.05, 4.69) is 28.7 Å². The van der Waals surface area contributed by atoms with E-state index in [0.29, 0.717) is 11.2 Å². The van der Waals surface area contributed by atoms with Crippen LogP contribution in [0.2, 0.25) is 0 Å². The quantitative estimate of drug-likeness (QED) is 0.431. The highest BCUT2D eigenvalue weighted by Gasteiger charge is 2.07. The van der Waals surface area contributed by atoms with Crippen LogP contribution in [-0.4, -0.2) is 20.4 Å². The molecule has 0 aliphatic carbocycles. The summed E-state index contributed by atoms with van der Waals surface area (Å²) in [7, 11) is 0. The van der Waals surface area contributed by atoms with Crippen LogP contribution in [0, 0.1) is 0 Å². The number of H-pyrrole nitrogens is 1. The number of unbranched alkanes of at least 4 members (excludes halogenated alkanes) is 1. The second kappa shape index (κ2) is 5.70. The molecule has 0 bridgehead atoms. The van der Waals surface area contributed by atoms with Crippen molar-refractivity contribution >= 4 is 17.7 Å². The van der Waals surface area contributed by atoms with Gasteiger partial charge in [-0.05, 0) is 19.3 Å². The number of aromatic amines is 1. The van der Waals surface area contributed by atoms with E-state index in [1.54, 1.807) is 11.8 Å². The molecule has 0 aliphatic heterocycles. The standard InChI is InChI=1S/C9H16N4S/c1-3-4-5-6-7(2)14-9-11-8(10)12-13-9/h3,7H,1,4-6H2,2H3,(H3,10,11,12,13). The Morgan fingerprint density at radius 2 is 2.50 bits per heavy atom. The molecule has 1 heterocycles. The first-order chi connectivity index (χ1) is 6.72. The first-order valence-electron chi connectivity index (χ1n) is 4.68. The number of nitrogens with two attached hydrogens (primary N) is 1. The fourth-order valence-corrected chi connectivity index (χ4v) is 1.99. The maximum atomic E-state index is 5.42. The van der Waals surface area contributed by atoms with Crippen molar-refractivity contribution in [2.75, 3.05) is 5.73 Å². The molecular weight excluding hydrogens is 196 g/mol. The van der Waals surface area contributed by atoms with Gasteiger partial charge in [-0.1, -0.05) is 24.8 Å². The largest absolute Gasteiger partial charge is 0.368 e. The summed E-state index contributed by atoms with van der Waals surface area (Å²) in [4.78, 5) is 4.03. The Morgan fingerprint density at radius 1 is 1.71 bits per heavy atom. The number of hydrogen-bond acceptors (Lipinski definition) is 4. The highest BCUT2D eigenvalue weighted by molar-refractivity contribution is 7.99. The summed E-state index contributed by atoms with van der Waals surface area (Å²) in [5.41, 5.74) is 5.42. The number of hydrogen-bond donors (Lipinski definition) is 2. The summed E-state index contributed by atoms with van der Waals surface area (Å²) in [6, 6.07) is 0. The van der Waals surface area contributed by atoms with Crippen molar-refractivity contribution in [3.63, 3.8) is 0 Å². The molecule has 0 aliphatic rings. The van der Waals surface area contributed by atoms with Gasteiger partial charge in [-0.25, -0.2) is 5.10 Å². The lowest BCUT2D eigenvalue weighted by Gasteiger charge is -2.06. The molecule has 0 spiro atoms. The molecule has 3 N–H and O–H groups in total. The SMILES string of the molecule is C=CCCCC(C)Sc1n[nH]c(N)n1. The number of nitrogens with one attached hydrogen (secondary N) is 1. The van der Waals surface area contributed by atoms with Gasteiger partial charge in [0.15, 0.2) is 0 Å². The van der Waals surface area contributed by atoms with E-state index in [0.717, 1.165) is 24.4 Å². The van der Waals surface area contributed by atoms with Crippen LogP contribution in [0.3, 0.4) is 0 Å². The molecule has 1 rings (SSSR count). The average molecular weight is 212 g/mol. The molecule has 1 aromatic rings. The lowest BCUT2D eigenvalue weighted by molar-refractivity contribution is 0.740. The third-order valence-electron chi connectivity index (χ3n) is 1.81. The predicted octanol–water partition coefficient (Wildman–Crippen LogP) is 2.22. The maximum absolute atomic E-state index is 5.42. The second-order valence-corrected chi connectivity index (χ2v) is 4.56. The van der Waals surface area contributed by atoms with Gasteiger partial charge < -0.3 is 5.73 Å². The van der Waals surface area contributed by atoms with Crippen LogP contribution in [0.1, 0.15) is 26.2 Å². The monoisotopic (exact) mass is 212 g/mol. The molecule has 0 radical (unpaired) electrons. The minimum atomic E-state index is 0.380. The second-order valence-electron chi connectivity index (χ2n) is 3.15. The van der Waals surface area contributed by atoms with Crippen LogP contribution in [0.25, 0.3) is 0 Å². The zero-order valence-corrected chi connectivity index (χ0v) is 9.18. The lowest BCUT2D eigenvalue weighted by Crippen LogP contribution is -1.96. The highest BCUT2D eigenvalue weighted by atomic mass is 32.2. The van der Waals surface area contributed by atoms with E-state index in [4.69, 9.17) is 5.73 Å². The lowest BCUT2D eigenvalue weighted by atomic mass is 10.2. The highest BCUT2D eigenvalue weighted by Crippen LogP contribution is 2.23. The van der Waals surface area contributed by atoms with Crippen molar-refractivity contribution in [2.45, 2.75) is 36.6 Å². The van der Waals surface area contributed by atoms with Crippen LogP contribution >= 0.6 is 11.8 Å². The van der Waals surface area contributed by atoms with Crippen LogP contribution in [-0.2, 0) is 0 Å². The van der Waals surface area contributed by atoms with Crippen molar-refractivity contribution in [3.8, 4) is 0 Å². The summed E-state index contributed by atoms with van der Waals surface area (Å²) < 4.78 is 0. The van der Waals surface area contributed by atoms with Crippen molar-refractivity contribution < 1.29 is 0 Å². The smallest absolute Gasteiger partial charge is 0.216 e. The van der Waals surface area contributed by atoms with E-state index in [1.165, 1.54) is 0 Å². The van der Waals surface area contributed by atoms with Crippen molar-refractivity contribution in [2.24, 2.45) is 0 Å². The Labute approximate surface area is 88.4 Å². The average Bonchev–Trinajstić information content (AvgIpc) is 2.52. The topological polar surface area (TPSA) is 67.6 Å². The molecule has 5 heteroatoms. The van der Waals surface area contributed by atoms with E-state index in [-0.39, 0.29) is 0 Å². The molecule has 4 nitrogen and oxygen atoms in total. The third kappa shape index (κ3) is 3.83. The van der Waals surface area contributed by atoms with Crippen LogP contribution in [0.15, 0.2) is 17.8 Å². The fourth-order valence-electron chi connectivity index (χ4n) is 1.10. The molecule has 78 valence electrons. The Hall–Kier alpha value is -0.970.